The molecule has 0 heterocycles. The van der Waals surface area contributed by atoms with Gasteiger partial charge in [0, 0.05) is 0 Å². The van der Waals surface area contributed by atoms with Gasteiger partial charge in [0.2, 0.25) is 0 Å². The molecule has 4 heteroatoms. The number of hydrogen-bond donors (Lipinski definition) is 0. The Bertz CT molecular complexity index is 680. The molecule has 0 aliphatic heterocycles. The molecule has 0 aromatic carbocycles. The van der Waals surface area contributed by atoms with Crippen LogP contribution >= 0.6 is 0 Å². The van der Waals surface area contributed by atoms with Crippen molar-refractivity contribution in [1.82, 2.24) is 0 Å². The minimum absolute atomic E-state index is 0. The largest absolute Gasteiger partial charge is 1.00 e. The topological polar surface area (TPSA) is 0 Å². The number of fused-ring (bicyclic) bond motifs is 3. The quantitative estimate of drug-likeness (QED) is 0.445. The fraction of sp³-hybridized carbons (Fsp3) is 0.571. The minimum atomic E-state index is -0.359. The first-order chi connectivity index (χ1) is 11.1. The van der Waals surface area contributed by atoms with Gasteiger partial charge in [-0.3, -0.25) is 0 Å². The van der Waals surface area contributed by atoms with E-state index in [1.165, 1.54) is 25.7 Å². The summed E-state index contributed by atoms with van der Waals surface area (Å²) >= 11 is 1.77. The van der Waals surface area contributed by atoms with Crippen molar-refractivity contribution in [2.75, 3.05) is 0 Å². The van der Waals surface area contributed by atoms with Crippen molar-refractivity contribution >= 4 is 13.6 Å². The Balaban J connectivity index is 0.00000113. The van der Waals surface area contributed by atoms with Gasteiger partial charge in [-0.1, -0.05) is 0 Å². The van der Waals surface area contributed by atoms with Crippen LogP contribution in [0.5, 0.6) is 0 Å². The minimum Gasteiger partial charge on any atom is -1.00 e. The Hall–Kier alpha value is 0.510. The van der Waals surface area contributed by atoms with Crippen molar-refractivity contribution in [3.8, 4) is 0 Å². The van der Waals surface area contributed by atoms with Gasteiger partial charge in [-0.2, -0.15) is 0 Å². The van der Waals surface area contributed by atoms with Crippen LogP contribution in [0.3, 0.4) is 0 Å². The third-order valence-electron chi connectivity index (χ3n) is 6.86. The maximum Gasteiger partial charge on any atom is -1.00 e. The van der Waals surface area contributed by atoms with E-state index in [1.807, 2.05) is 10.7 Å². The van der Waals surface area contributed by atoms with E-state index in [0.29, 0.717) is 5.41 Å². The van der Waals surface area contributed by atoms with E-state index in [2.05, 4.69) is 56.5 Å². The zero-order valence-electron chi connectivity index (χ0n) is 15.4. The van der Waals surface area contributed by atoms with Gasteiger partial charge in [-0.15, -0.1) is 0 Å². The predicted octanol–water partition coefficient (Wildman–Crippen LogP) is -0.727. The molecule has 0 bridgehead atoms. The van der Waals surface area contributed by atoms with E-state index in [1.54, 1.807) is 30.3 Å². The molecule has 0 spiro atoms. The molecule has 0 nitrogen and oxygen atoms in total. The van der Waals surface area contributed by atoms with Gasteiger partial charge in [0.15, 0.2) is 0 Å². The summed E-state index contributed by atoms with van der Waals surface area (Å²) in [4.78, 5) is 0. The molecule has 5 unspecified atom stereocenters. The Kier molecular flexibility index (Phi) is 7.20. The smallest absolute Gasteiger partial charge is 1.00 e. The molecular formula is C21H27Cl2SiZr. The Morgan fingerprint density at radius 3 is 2.40 bits per heavy atom. The average Bonchev–Trinajstić information content (AvgIpc) is 3.09. The van der Waals surface area contributed by atoms with Crippen molar-refractivity contribution in [3.05, 3.63) is 47.6 Å². The standard InChI is InChI=1S/C21H27Si.2ClH.Zr/c1-15-8-6-11-18(15)21-14-16-9-4-5-10-17(16)19(21)12-7-13-20(21)22(2)3;;;/h4-6,8-10,14,16-17,19H,7,11-13H2,1-3H3;2*1H;/q;;;+2/p-2. The number of rotatable bonds is 1. The SMILES string of the molecule is CC1=C(C23C(=[Si](C)C)CCCC2C2C=CC=CC2[CH]3[Zr+2])CC=C1.[Cl-].[Cl-]. The van der Waals surface area contributed by atoms with E-state index in [9.17, 15) is 0 Å². The van der Waals surface area contributed by atoms with Gasteiger partial charge in [0.1, 0.15) is 0 Å². The van der Waals surface area contributed by atoms with Crippen LogP contribution in [0, 0.1) is 23.2 Å². The fourth-order valence-electron chi connectivity index (χ4n) is 6.12. The van der Waals surface area contributed by atoms with Gasteiger partial charge in [-0.05, 0) is 0 Å². The van der Waals surface area contributed by atoms with E-state index in [4.69, 9.17) is 0 Å². The van der Waals surface area contributed by atoms with Gasteiger partial charge >= 0.3 is 158 Å². The summed E-state index contributed by atoms with van der Waals surface area (Å²) in [6.45, 7) is 7.49. The first-order valence-electron chi connectivity index (χ1n) is 9.18. The number of hydrogen-bond acceptors (Lipinski definition) is 0. The van der Waals surface area contributed by atoms with E-state index < -0.39 is 0 Å². The molecule has 4 rings (SSSR count). The van der Waals surface area contributed by atoms with Crippen molar-refractivity contribution in [2.45, 2.75) is 49.3 Å². The molecule has 4 aliphatic carbocycles. The fourth-order valence-corrected chi connectivity index (χ4v) is 10.7. The van der Waals surface area contributed by atoms with E-state index in [-0.39, 0.29) is 33.2 Å². The molecule has 0 aromatic heterocycles. The summed E-state index contributed by atoms with van der Waals surface area (Å²) in [6.07, 6.45) is 20.1. The van der Waals surface area contributed by atoms with Crippen LogP contribution in [0.15, 0.2) is 47.6 Å². The Morgan fingerprint density at radius 1 is 1.12 bits per heavy atom. The van der Waals surface area contributed by atoms with Crippen molar-refractivity contribution in [3.63, 3.8) is 0 Å². The first kappa shape index (κ1) is 21.8. The van der Waals surface area contributed by atoms with Crippen molar-refractivity contribution < 1.29 is 49.5 Å². The van der Waals surface area contributed by atoms with Crippen LogP contribution in [0.1, 0.15) is 32.6 Å². The molecule has 2 saturated carbocycles. The third-order valence-corrected chi connectivity index (χ3v) is 10.8. The zero-order chi connectivity index (χ0) is 16.2. The molecule has 5 atom stereocenters. The molecule has 0 radical (unpaired) electrons. The van der Waals surface area contributed by atoms with Crippen molar-refractivity contribution in [1.29, 1.82) is 0 Å². The number of allylic oxidation sites excluding steroid dienone is 8. The Labute approximate surface area is 182 Å². The second kappa shape index (κ2) is 8.26. The molecule has 2 fully saturated rings. The first-order valence-corrected chi connectivity index (χ1v) is 13.1. The molecule has 0 aromatic rings. The molecule has 0 amide bonds. The summed E-state index contributed by atoms with van der Waals surface area (Å²) in [5.41, 5.74) is 3.86. The van der Waals surface area contributed by atoms with E-state index in [0.717, 1.165) is 21.4 Å². The summed E-state index contributed by atoms with van der Waals surface area (Å²) in [7, 11) is -0.359. The summed E-state index contributed by atoms with van der Waals surface area (Å²) in [5.74, 6) is 2.45. The maximum absolute atomic E-state index is 2.56. The normalized spacial score (nSPS) is 38.2. The van der Waals surface area contributed by atoms with Gasteiger partial charge in [0.05, 0.1) is 0 Å². The predicted molar refractivity (Wildman–Crippen MR) is 97.7 cm³/mol. The van der Waals surface area contributed by atoms with Crippen molar-refractivity contribution in [2.24, 2.45) is 23.2 Å². The molecule has 133 valence electrons. The molecule has 4 aliphatic rings. The molecule has 0 saturated heterocycles. The zero-order valence-corrected chi connectivity index (χ0v) is 20.3. The third kappa shape index (κ3) is 3.08. The average molecular weight is 470 g/mol. The van der Waals surface area contributed by atoms with E-state index >= 15 is 0 Å². The van der Waals surface area contributed by atoms with Crippen LogP contribution < -0.4 is 24.8 Å². The van der Waals surface area contributed by atoms with Crippen LogP contribution in [0.4, 0.5) is 0 Å². The second-order valence-corrected chi connectivity index (χ2v) is 12.1. The maximum atomic E-state index is 2.56. The van der Waals surface area contributed by atoms with Crippen LogP contribution in [0.2, 0.25) is 16.7 Å². The molecular weight excluding hydrogens is 442 g/mol. The van der Waals surface area contributed by atoms with Gasteiger partial charge in [0.25, 0.3) is 0 Å². The molecule has 25 heavy (non-hydrogen) atoms. The van der Waals surface area contributed by atoms with Gasteiger partial charge in [-0.25, -0.2) is 0 Å². The Morgan fingerprint density at radius 2 is 1.80 bits per heavy atom. The monoisotopic (exact) mass is 467 g/mol. The molecule has 0 N–H and O–H groups in total. The second-order valence-electron chi connectivity index (χ2n) is 8.02. The summed E-state index contributed by atoms with van der Waals surface area (Å²) < 4.78 is 0.853. The van der Waals surface area contributed by atoms with Crippen LogP contribution in [-0.2, 0) is 24.7 Å². The van der Waals surface area contributed by atoms with Crippen LogP contribution in [0.25, 0.3) is 0 Å². The summed E-state index contributed by atoms with van der Waals surface area (Å²) in [6, 6.07) is 0. The van der Waals surface area contributed by atoms with Gasteiger partial charge < -0.3 is 24.8 Å². The van der Waals surface area contributed by atoms with Crippen LogP contribution in [-0.4, -0.2) is 13.6 Å². The number of halogens is 2. The summed E-state index contributed by atoms with van der Waals surface area (Å²) in [5, 5.41) is 2.00.